The fourth-order valence-electron chi connectivity index (χ4n) is 4.64. The van der Waals surface area contributed by atoms with Crippen LogP contribution >= 0.6 is 11.8 Å². The Bertz CT molecular complexity index is 777. The molecule has 5 nitrogen and oxygen atoms in total. The van der Waals surface area contributed by atoms with Crippen LogP contribution in [-0.2, 0) is 9.59 Å². The third kappa shape index (κ3) is 4.10. The van der Waals surface area contributed by atoms with Crippen LogP contribution in [0.4, 0.5) is 4.79 Å². The molecule has 3 amide bonds. The van der Waals surface area contributed by atoms with Crippen LogP contribution in [0.25, 0.3) is 6.08 Å². The summed E-state index contributed by atoms with van der Waals surface area (Å²) in [6, 6.07) is 9.47. The summed E-state index contributed by atoms with van der Waals surface area (Å²) in [4.78, 5) is 38.5. The second-order valence-electron chi connectivity index (χ2n) is 7.73. The molecule has 0 spiro atoms. The molecule has 6 heteroatoms. The van der Waals surface area contributed by atoms with Crippen molar-refractivity contribution in [2.24, 2.45) is 17.8 Å². The van der Waals surface area contributed by atoms with E-state index in [-0.39, 0.29) is 23.6 Å². The predicted molar refractivity (Wildman–Crippen MR) is 106 cm³/mol. The topological polar surface area (TPSA) is 66.5 Å². The van der Waals surface area contributed by atoms with Gasteiger partial charge in [-0.25, -0.2) is 0 Å². The highest BCUT2D eigenvalue weighted by molar-refractivity contribution is 8.18. The third-order valence-electron chi connectivity index (χ3n) is 5.96. The van der Waals surface area contributed by atoms with Crippen molar-refractivity contribution in [2.45, 2.75) is 32.1 Å². The zero-order valence-electron chi connectivity index (χ0n) is 15.2. The van der Waals surface area contributed by atoms with Crippen LogP contribution in [0, 0.1) is 17.8 Å². The number of nitrogens with one attached hydrogen (secondary N) is 1. The largest absolute Gasteiger partial charge is 0.354 e. The fourth-order valence-corrected chi connectivity index (χ4v) is 5.50. The molecule has 0 radical (unpaired) electrons. The van der Waals surface area contributed by atoms with Crippen molar-refractivity contribution in [2.75, 3.05) is 13.1 Å². The van der Waals surface area contributed by atoms with E-state index in [1.165, 1.54) is 30.6 Å². The normalized spacial score (nSPS) is 28.4. The summed E-state index contributed by atoms with van der Waals surface area (Å²) in [5, 5.41) is 2.61. The van der Waals surface area contributed by atoms with E-state index in [0.717, 1.165) is 29.2 Å². The second kappa shape index (κ2) is 7.89. The lowest BCUT2D eigenvalue weighted by molar-refractivity contribution is -0.124. The molecule has 0 aromatic heterocycles. The average Bonchev–Trinajstić information content (AvgIpc) is 3.34. The maximum absolute atomic E-state index is 12.5. The van der Waals surface area contributed by atoms with Crippen molar-refractivity contribution >= 4 is 34.9 Å². The van der Waals surface area contributed by atoms with Gasteiger partial charge in [-0.05, 0) is 60.4 Å². The molecule has 142 valence electrons. The van der Waals surface area contributed by atoms with Crippen LogP contribution in [0.2, 0.25) is 0 Å². The van der Waals surface area contributed by atoms with Gasteiger partial charge in [0.1, 0.15) is 0 Å². The van der Waals surface area contributed by atoms with Crippen molar-refractivity contribution in [3.05, 3.63) is 40.8 Å². The fraction of sp³-hybridized carbons (Fsp3) is 0.476. The number of nitrogens with zero attached hydrogens (tertiary/aromatic N) is 1. The van der Waals surface area contributed by atoms with Gasteiger partial charge in [-0.2, -0.15) is 0 Å². The third-order valence-corrected chi connectivity index (χ3v) is 6.87. The molecule has 3 fully saturated rings. The molecule has 1 saturated heterocycles. The molecule has 1 aromatic carbocycles. The smallest absolute Gasteiger partial charge is 0.293 e. The molecule has 2 bridgehead atoms. The first-order valence-electron chi connectivity index (χ1n) is 9.67. The summed E-state index contributed by atoms with van der Waals surface area (Å²) in [7, 11) is 0. The Hall–Kier alpha value is -2.08. The van der Waals surface area contributed by atoms with Crippen molar-refractivity contribution < 1.29 is 14.4 Å². The van der Waals surface area contributed by atoms with Crippen molar-refractivity contribution in [3.63, 3.8) is 0 Å². The lowest BCUT2D eigenvalue weighted by atomic mass is 9.86. The van der Waals surface area contributed by atoms with Gasteiger partial charge in [0.15, 0.2) is 0 Å². The summed E-state index contributed by atoms with van der Waals surface area (Å²) >= 11 is 0.956. The number of carbonyl (C=O) groups excluding carboxylic acids is 3. The minimum absolute atomic E-state index is 0.0411. The van der Waals surface area contributed by atoms with Crippen LogP contribution < -0.4 is 5.32 Å². The van der Waals surface area contributed by atoms with Gasteiger partial charge in [0.2, 0.25) is 5.91 Å². The first-order valence-corrected chi connectivity index (χ1v) is 10.5. The van der Waals surface area contributed by atoms with E-state index in [9.17, 15) is 14.4 Å². The molecule has 3 atom stereocenters. The van der Waals surface area contributed by atoms with E-state index in [0.29, 0.717) is 23.8 Å². The van der Waals surface area contributed by atoms with Gasteiger partial charge in [-0.3, -0.25) is 19.3 Å². The average molecular weight is 385 g/mol. The number of rotatable bonds is 6. The summed E-state index contributed by atoms with van der Waals surface area (Å²) in [6.07, 6.45) is 7.40. The highest BCUT2D eigenvalue weighted by Gasteiger charge is 2.40. The quantitative estimate of drug-likeness (QED) is 0.760. The van der Waals surface area contributed by atoms with Crippen LogP contribution in [0.5, 0.6) is 0 Å². The Kier molecular flexibility index (Phi) is 5.34. The maximum Gasteiger partial charge on any atom is 0.293 e. The van der Waals surface area contributed by atoms with Gasteiger partial charge in [0.05, 0.1) is 4.91 Å². The van der Waals surface area contributed by atoms with Gasteiger partial charge in [0.25, 0.3) is 11.1 Å². The zero-order valence-corrected chi connectivity index (χ0v) is 16.0. The van der Waals surface area contributed by atoms with Crippen molar-refractivity contribution in [1.29, 1.82) is 0 Å². The molecular formula is C21H24N2O3S. The molecule has 1 aliphatic heterocycles. The Balaban J connectivity index is 1.26. The lowest BCUT2D eigenvalue weighted by Crippen LogP contribution is -2.38. The molecule has 1 N–H and O–H groups in total. The number of imide groups is 1. The highest BCUT2D eigenvalue weighted by atomic mass is 32.2. The van der Waals surface area contributed by atoms with Crippen molar-refractivity contribution in [3.8, 4) is 0 Å². The van der Waals surface area contributed by atoms with E-state index in [1.54, 1.807) is 6.08 Å². The van der Waals surface area contributed by atoms with E-state index in [1.807, 2.05) is 30.3 Å². The van der Waals surface area contributed by atoms with E-state index in [4.69, 9.17) is 0 Å². The summed E-state index contributed by atoms with van der Waals surface area (Å²) < 4.78 is 0. The van der Waals surface area contributed by atoms with Crippen molar-refractivity contribution in [1.82, 2.24) is 10.2 Å². The number of fused-ring (bicyclic) bond motifs is 2. The minimum Gasteiger partial charge on any atom is -0.354 e. The van der Waals surface area contributed by atoms with Gasteiger partial charge >= 0.3 is 0 Å². The number of hydrogen-bond acceptors (Lipinski definition) is 4. The number of benzene rings is 1. The molecule has 27 heavy (non-hydrogen) atoms. The minimum atomic E-state index is -0.281. The van der Waals surface area contributed by atoms with Crippen LogP contribution in [-0.4, -0.2) is 35.0 Å². The predicted octanol–water partition coefficient (Wildman–Crippen LogP) is 3.67. The molecule has 4 rings (SSSR count). The van der Waals surface area contributed by atoms with Gasteiger partial charge in [-0.15, -0.1) is 0 Å². The Morgan fingerprint density at radius 1 is 1.19 bits per heavy atom. The maximum atomic E-state index is 12.5. The first-order chi connectivity index (χ1) is 13.1. The monoisotopic (exact) mass is 384 g/mol. The lowest BCUT2D eigenvalue weighted by Gasteiger charge is -2.21. The number of carbonyl (C=O) groups is 3. The summed E-state index contributed by atoms with van der Waals surface area (Å²) in [5.41, 5.74) is 0.891. The summed E-state index contributed by atoms with van der Waals surface area (Å²) in [5.74, 6) is 1.84. The molecule has 1 heterocycles. The Morgan fingerprint density at radius 3 is 2.70 bits per heavy atom. The highest BCUT2D eigenvalue weighted by Crippen LogP contribution is 2.49. The van der Waals surface area contributed by atoms with Crippen LogP contribution in [0.3, 0.4) is 0 Å². The molecule has 1 aromatic rings. The van der Waals surface area contributed by atoms with E-state index in [2.05, 4.69) is 5.32 Å². The molecule has 0 unspecified atom stereocenters. The van der Waals surface area contributed by atoms with Crippen LogP contribution in [0.15, 0.2) is 35.2 Å². The molecule has 2 aliphatic carbocycles. The Morgan fingerprint density at radius 2 is 2.00 bits per heavy atom. The number of amides is 3. The Labute approximate surface area is 163 Å². The molecular weight excluding hydrogens is 360 g/mol. The molecule has 3 aliphatic rings. The van der Waals surface area contributed by atoms with Gasteiger partial charge < -0.3 is 5.32 Å². The zero-order chi connectivity index (χ0) is 18.8. The number of hydrogen-bond donors (Lipinski definition) is 1. The van der Waals surface area contributed by atoms with Gasteiger partial charge in [-0.1, -0.05) is 36.8 Å². The standard InChI is InChI=1S/C21H24N2O3S/c24-19(13-17-11-15-6-7-16(17)10-15)22-8-9-23-20(25)18(27-21(23)26)12-14-4-2-1-3-5-14/h1-5,12,15-17H,6-11,13H2,(H,22,24)/b18-12-/t15-,16+,17-/m1/s1. The van der Waals surface area contributed by atoms with E-state index >= 15 is 0 Å². The SMILES string of the molecule is O=C(C[C@H]1C[C@@H]2CC[C@H]1C2)NCCN1C(=O)S/C(=C\c2ccccc2)C1=O. The molecule has 2 saturated carbocycles. The van der Waals surface area contributed by atoms with Gasteiger partial charge in [0, 0.05) is 19.5 Å². The second-order valence-corrected chi connectivity index (χ2v) is 8.73. The number of thioether (sulfide) groups is 1. The summed E-state index contributed by atoms with van der Waals surface area (Å²) in [6.45, 7) is 0.537. The first kappa shape index (κ1) is 18.3. The van der Waals surface area contributed by atoms with Crippen LogP contribution in [0.1, 0.15) is 37.7 Å². The van der Waals surface area contributed by atoms with E-state index < -0.39 is 0 Å².